The number of carbonyl (C=O) groups is 2. The van der Waals surface area contributed by atoms with Crippen molar-refractivity contribution in [2.24, 2.45) is 0 Å². The van der Waals surface area contributed by atoms with Crippen LogP contribution in [0, 0.1) is 0 Å². The molecule has 0 amide bonds. The van der Waals surface area contributed by atoms with Crippen LogP contribution < -0.4 is 0 Å². The number of unbranched alkanes of at least 4 members (excludes halogenated alkanes) is 14. The minimum absolute atomic E-state index is 0.118. The third-order valence-corrected chi connectivity index (χ3v) is 8.17. The maximum Gasteiger partial charge on any atom is 0.306 e. The van der Waals surface area contributed by atoms with Crippen LogP contribution in [0.5, 0.6) is 0 Å². The zero-order valence-corrected chi connectivity index (χ0v) is 30.7. The molecule has 0 aromatic rings. The molecule has 264 valence electrons. The number of hydrogen-bond acceptors (Lipinski definition) is 4. The van der Waals surface area contributed by atoms with E-state index in [1.54, 1.807) is 0 Å². The predicted molar refractivity (Wildman–Crippen MR) is 201 cm³/mol. The number of nitrogens with zero attached hydrogens (tertiary/aromatic N) is 1. The average Bonchev–Trinajstić information content (AvgIpc) is 3.03. The van der Waals surface area contributed by atoms with E-state index in [-0.39, 0.29) is 11.8 Å². The Morgan fingerprint density at radius 2 is 1.07 bits per heavy atom. The Labute approximate surface area is 285 Å². The van der Waals surface area contributed by atoms with Crippen molar-refractivity contribution in [2.75, 3.05) is 20.6 Å². The lowest BCUT2D eigenvalue weighted by molar-refractivity contribution is -0.155. The number of ketones is 1. The van der Waals surface area contributed by atoms with Gasteiger partial charge < -0.3 is 9.64 Å². The van der Waals surface area contributed by atoms with Gasteiger partial charge in [-0.05, 0) is 117 Å². The predicted octanol–water partition coefficient (Wildman–Crippen LogP) is 12.2. The van der Waals surface area contributed by atoms with Crippen LogP contribution in [0.15, 0.2) is 60.8 Å². The van der Waals surface area contributed by atoms with Gasteiger partial charge in [0, 0.05) is 12.8 Å². The molecular formula is C42H73NO3. The molecule has 0 spiro atoms. The van der Waals surface area contributed by atoms with Gasteiger partial charge >= 0.3 is 5.97 Å². The van der Waals surface area contributed by atoms with Gasteiger partial charge in [0.05, 0.1) is 0 Å². The van der Waals surface area contributed by atoms with Gasteiger partial charge in [0.25, 0.3) is 0 Å². The van der Waals surface area contributed by atoms with E-state index in [2.05, 4.69) is 79.5 Å². The van der Waals surface area contributed by atoms with Crippen LogP contribution >= 0.6 is 0 Å². The molecule has 0 aliphatic heterocycles. The van der Waals surface area contributed by atoms with Gasteiger partial charge in [-0.25, -0.2) is 0 Å². The zero-order valence-electron chi connectivity index (χ0n) is 30.7. The standard InChI is InChI=1S/C42H73NO3/c1-5-7-9-11-13-15-17-19-21-23-25-27-29-31-33-36-40(44)41(46-42(45)38-35-39-43(3)4)37-34-32-30-28-26-24-22-20-18-16-14-12-10-8-6-2/h6,8,13-16,19-22,41H,5,7,9-12,17-18,23-39H2,1-4H3. The molecule has 0 aliphatic carbocycles. The third-order valence-electron chi connectivity index (χ3n) is 8.17. The van der Waals surface area contributed by atoms with Crippen LogP contribution in [0.4, 0.5) is 0 Å². The number of Topliss-reactive ketones (excluding diaryl/α,β-unsaturated/α-hetero) is 1. The lowest BCUT2D eigenvalue weighted by atomic mass is 10.0. The van der Waals surface area contributed by atoms with Crippen molar-refractivity contribution in [3.8, 4) is 0 Å². The minimum atomic E-state index is -0.563. The summed E-state index contributed by atoms with van der Waals surface area (Å²) in [5, 5.41) is 0. The van der Waals surface area contributed by atoms with Crippen molar-refractivity contribution in [1.82, 2.24) is 4.90 Å². The highest BCUT2D eigenvalue weighted by Crippen LogP contribution is 2.16. The van der Waals surface area contributed by atoms with E-state index in [1.807, 2.05) is 14.1 Å². The second-order valence-corrected chi connectivity index (χ2v) is 13.0. The van der Waals surface area contributed by atoms with Crippen molar-refractivity contribution >= 4 is 11.8 Å². The molecule has 46 heavy (non-hydrogen) atoms. The molecule has 1 unspecified atom stereocenters. The summed E-state index contributed by atoms with van der Waals surface area (Å²) in [5.41, 5.74) is 0. The number of allylic oxidation sites excluding steroid dienone is 10. The average molecular weight is 640 g/mol. The molecule has 1 atom stereocenters. The zero-order chi connectivity index (χ0) is 33.8. The Kier molecular flexibility index (Phi) is 33.9. The first-order valence-corrected chi connectivity index (χ1v) is 19.1. The summed E-state index contributed by atoms with van der Waals surface area (Å²) in [6.07, 6.45) is 47.2. The molecule has 0 N–H and O–H groups in total. The molecule has 0 saturated carbocycles. The van der Waals surface area contributed by atoms with Crippen LogP contribution in [-0.4, -0.2) is 43.4 Å². The van der Waals surface area contributed by atoms with Gasteiger partial charge in [0.2, 0.25) is 0 Å². The van der Waals surface area contributed by atoms with E-state index in [9.17, 15) is 9.59 Å². The summed E-state index contributed by atoms with van der Waals surface area (Å²) in [6.45, 7) is 5.16. The fourth-order valence-corrected chi connectivity index (χ4v) is 5.30. The normalized spacial score (nSPS) is 13.1. The molecule has 0 aliphatic rings. The van der Waals surface area contributed by atoms with E-state index < -0.39 is 6.10 Å². The first-order valence-electron chi connectivity index (χ1n) is 19.1. The molecule has 0 fully saturated rings. The maximum atomic E-state index is 13.1. The highest BCUT2D eigenvalue weighted by atomic mass is 16.5. The summed E-state index contributed by atoms with van der Waals surface area (Å²) in [6, 6.07) is 0. The third kappa shape index (κ3) is 33.2. The van der Waals surface area contributed by atoms with Crippen molar-refractivity contribution in [2.45, 2.75) is 174 Å². The number of ether oxygens (including phenoxy) is 1. The Bertz CT molecular complexity index is 836. The molecule has 0 rings (SSSR count). The maximum absolute atomic E-state index is 13.1. The lowest BCUT2D eigenvalue weighted by Crippen LogP contribution is -2.27. The number of hydrogen-bond donors (Lipinski definition) is 0. The van der Waals surface area contributed by atoms with Crippen LogP contribution in [-0.2, 0) is 14.3 Å². The summed E-state index contributed by atoms with van der Waals surface area (Å²) < 4.78 is 5.75. The number of rotatable bonds is 33. The van der Waals surface area contributed by atoms with Crippen LogP contribution in [0.2, 0.25) is 0 Å². The fourth-order valence-electron chi connectivity index (χ4n) is 5.30. The van der Waals surface area contributed by atoms with Crippen LogP contribution in [0.1, 0.15) is 168 Å². The molecule has 0 heterocycles. The SMILES string of the molecule is CC=CCCC=CCC=CCCCCCCCC(OC(=O)CCCN(C)C)C(=O)CCCCCCCC=CCC=CCCCCC. The first kappa shape index (κ1) is 43.8. The van der Waals surface area contributed by atoms with E-state index in [0.717, 1.165) is 83.6 Å². The van der Waals surface area contributed by atoms with E-state index in [1.165, 1.54) is 57.8 Å². The summed E-state index contributed by atoms with van der Waals surface area (Å²) in [7, 11) is 4.01. The Morgan fingerprint density at radius 3 is 1.63 bits per heavy atom. The van der Waals surface area contributed by atoms with Gasteiger partial charge in [-0.3, -0.25) is 9.59 Å². The monoisotopic (exact) mass is 640 g/mol. The molecule has 4 heteroatoms. The summed E-state index contributed by atoms with van der Waals surface area (Å²) in [5.74, 6) is -0.104. The molecule has 0 radical (unpaired) electrons. The highest BCUT2D eigenvalue weighted by molar-refractivity contribution is 5.85. The molecular weight excluding hydrogens is 566 g/mol. The second kappa shape index (κ2) is 35.7. The van der Waals surface area contributed by atoms with E-state index in [4.69, 9.17) is 4.74 Å². The molecule has 0 aromatic heterocycles. The van der Waals surface area contributed by atoms with Crippen molar-refractivity contribution in [1.29, 1.82) is 0 Å². The topological polar surface area (TPSA) is 46.6 Å². The van der Waals surface area contributed by atoms with Gasteiger partial charge in [-0.1, -0.05) is 119 Å². The number of esters is 1. The lowest BCUT2D eigenvalue weighted by Gasteiger charge is -2.17. The summed E-state index contributed by atoms with van der Waals surface area (Å²) in [4.78, 5) is 27.6. The van der Waals surface area contributed by atoms with Gasteiger partial charge in [0.1, 0.15) is 0 Å². The largest absolute Gasteiger partial charge is 0.454 e. The van der Waals surface area contributed by atoms with Crippen molar-refractivity contribution in [3.05, 3.63) is 60.8 Å². The van der Waals surface area contributed by atoms with Crippen molar-refractivity contribution < 1.29 is 14.3 Å². The molecule has 0 aromatic carbocycles. The molecule has 4 nitrogen and oxygen atoms in total. The van der Waals surface area contributed by atoms with Gasteiger partial charge in [-0.2, -0.15) is 0 Å². The Morgan fingerprint density at radius 1 is 0.565 bits per heavy atom. The van der Waals surface area contributed by atoms with E-state index >= 15 is 0 Å². The Balaban J connectivity index is 4.20. The summed E-state index contributed by atoms with van der Waals surface area (Å²) >= 11 is 0. The fraction of sp³-hybridized carbons (Fsp3) is 0.714. The van der Waals surface area contributed by atoms with Crippen LogP contribution in [0.3, 0.4) is 0 Å². The smallest absolute Gasteiger partial charge is 0.306 e. The quantitative estimate of drug-likeness (QED) is 0.0407. The van der Waals surface area contributed by atoms with Crippen LogP contribution in [0.25, 0.3) is 0 Å². The van der Waals surface area contributed by atoms with Gasteiger partial charge in [-0.15, -0.1) is 0 Å². The highest BCUT2D eigenvalue weighted by Gasteiger charge is 2.22. The first-order chi connectivity index (χ1) is 22.5. The van der Waals surface area contributed by atoms with Gasteiger partial charge in [0.15, 0.2) is 11.9 Å². The number of carbonyl (C=O) groups excluding carboxylic acids is 2. The second-order valence-electron chi connectivity index (χ2n) is 13.0. The Hall–Kier alpha value is -2.20. The minimum Gasteiger partial charge on any atom is -0.454 e. The molecule has 0 bridgehead atoms. The van der Waals surface area contributed by atoms with Crippen molar-refractivity contribution in [3.63, 3.8) is 0 Å². The van der Waals surface area contributed by atoms with E-state index in [0.29, 0.717) is 19.3 Å². The molecule has 0 saturated heterocycles.